The zero-order valence-corrected chi connectivity index (χ0v) is 20.4. The van der Waals surface area contributed by atoms with Gasteiger partial charge in [0, 0.05) is 19.7 Å². The number of hydrogen-bond acceptors (Lipinski definition) is 3. The van der Waals surface area contributed by atoms with Gasteiger partial charge in [0.2, 0.25) is 0 Å². The first kappa shape index (κ1) is 20.9. The first-order valence-corrected chi connectivity index (χ1v) is 10.5. The maximum absolute atomic E-state index is 12.9. The third-order valence-corrected chi connectivity index (χ3v) is 9.42. The third kappa shape index (κ3) is 4.70. The van der Waals surface area contributed by atoms with Crippen LogP contribution in [-0.2, 0) is 4.79 Å². The molecule has 0 atom stereocenters. The minimum atomic E-state index is -0.917. The highest BCUT2D eigenvalue weighted by molar-refractivity contribution is 14.1. The molecule has 0 saturated carbocycles. The first-order valence-electron chi connectivity index (χ1n) is 6.23. The van der Waals surface area contributed by atoms with E-state index in [0.29, 0.717) is 11.3 Å². The Morgan fingerprint density at radius 1 is 1.09 bits per heavy atom. The van der Waals surface area contributed by atoms with Crippen LogP contribution in [0.2, 0.25) is 0 Å². The maximum Gasteiger partial charge on any atom is 0.305 e. The molecule has 0 heterocycles. The molecule has 0 aliphatic carbocycles. The fourth-order valence-electron chi connectivity index (χ4n) is 1.79. The van der Waals surface area contributed by atoms with Gasteiger partial charge in [-0.25, -0.2) is 0 Å². The molecule has 22 heavy (non-hydrogen) atoms. The van der Waals surface area contributed by atoms with Gasteiger partial charge in [-0.2, -0.15) is 0 Å². The number of nitrogens with zero attached hydrogens (tertiary/aromatic N) is 1. The van der Waals surface area contributed by atoms with E-state index in [1.165, 1.54) is 0 Å². The highest BCUT2D eigenvalue weighted by Gasteiger charge is 2.27. The molecular formula is C13H14I4N2O3. The summed E-state index contributed by atoms with van der Waals surface area (Å²) in [6.45, 7) is 3.93. The number of anilines is 1. The molecule has 0 radical (unpaired) electrons. The highest BCUT2D eigenvalue weighted by Crippen LogP contribution is 2.35. The second-order valence-corrected chi connectivity index (χ2v) is 9.10. The Bertz CT molecular complexity index is 591. The van der Waals surface area contributed by atoms with Crippen LogP contribution in [0.3, 0.4) is 0 Å². The Hall–Kier alpha value is 0.880. The van der Waals surface area contributed by atoms with Crippen molar-refractivity contribution in [3.05, 3.63) is 19.8 Å². The largest absolute Gasteiger partial charge is 0.481 e. The van der Waals surface area contributed by atoms with Gasteiger partial charge in [-0.15, -0.1) is 0 Å². The topological polar surface area (TPSA) is 83.6 Å². The number of nitrogen functional groups attached to an aromatic ring is 1. The Labute approximate surface area is 183 Å². The number of benzene rings is 1. The van der Waals surface area contributed by atoms with E-state index in [1.54, 1.807) is 4.90 Å². The Morgan fingerprint density at radius 2 is 1.64 bits per heavy atom. The molecule has 1 rings (SSSR count). The van der Waals surface area contributed by atoms with E-state index in [4.69, 9.17) is 10.8 Å². The smallest absolute Gasteiger partial charge is 0.305 e. The number of carbonyl (C=O) groups excluding carboxylic acids is 1. The van der Waals surface area contributed by atoms with Crippen molar-refractivity contribution in [1.82, 2.24) is 4.90 Å². The number of hydrogen-bond donors (Lipinski definition) is 2. The average Bonchev–Trinajstić information content (AvgIpc) is 2.42. The lowest BCUT2D eigenvalue weighted by Gasteiger charge is -2.28. The van der Waals surface area contributed by atoms with Gasteiger partial charge in [0.05, 0.1) is 24.8 Å². The summed E-state index contributed by atoms with van der Waals surface area (Å²) >= 11 is 8.59. The lowest BCUT2D eigenvalue weighted by atomic mass is 10.1. The molecule has 0 unspecified atom stereocenters. The monoisotopic (exact) mass is 754 g/mol. The molecule has 0 bridgehead atoms. The Balaban J connectivity index is 3.34. The van der Waals surface area contributed by atoms with Gasteiger partial charge in [-0.05, 0) is 104 Å². The summed E-state index contributed by atoms with van der Waals surface area (Å²) < 4.78 is 3.46. The third-order valence-electron chi connectivity index (χ3n) is 2.96. The SMILES string of the molecule is CC(C)N(CCC(=O)O)C(=O)c1c(I)c(N)c(I)c(I)c1I. The molecule has 1 aromatic rings. The van der Waals surface area contributed by atoms with Crippen LogP contribution < -0.4 is 5.73 Å². The van der Waals surface area contributed by atoms with Crippen molar-refractivity contribution in [2.75, 3.05) is 12.3 Å². The molecule has 0 aliphatic rings. The van der Waals surface area contributed by atoms with E-state index in [2.05, 4.69) is 90.4 Å². The van der Waals surface area contributed by atoms with Gasteiger partial charge in [0.25, 0.3) is 5.91 Å². The normalized spacial score (nSPS) is 10.9. The minimum absolute atomic E-state index is 0.0754. The number of rotatable bonds is 5. The van der Waals surface area contributed by atoms with Crippen LogP contribution in [-0.4, -0.2) is 34.5 Å². The summed E-state index contributed by atoms with van der Waals surface area (Å²) in [5, 5.41) is 8.87. The second-order valence-electron chi connectivity index (χ2n) is 4.78. The van der Waals surface area contributed by atoms with E-state index < -0.39 is 5.97 Å². The van der Waals surface area contributed by atoms with Gasteiger partial charge in [-0.1, -0.05) is 0 Å². The van der Waals surface area contributed by atoms with Crippen molar-refractivity contribution < 1.29 is 14.7 Å². The molecule has 1 aromatic carbocycles. The first-order chi connectivity index (χ1) is 10.1. The molecule has 5 nitrogen and oxygen atoms in total. The zero-order valence-electron chi connectivity index (χ0n) is 11.8. The lowest BCUT2D eigenvalue weighted by Crippen LogP contribution is -2.39. The van der Waals surface area contributed by atoms with Crippen LogP contribution in [0.1, 0.15) is 30.6 Å². The van der Waals surface area contributed by atoms with Crippen molar-refractivity contribution in [1.29, 1.82) is 0 Å². The molecule has 0 saturated heterocycles. The number of halogens is 4. The van der Waals surface area contributed by atoms with Gasteiger partial charge in [-0.3, -0.25) is 9.59 Å². The molecule has 0 aliphatic heterocycles. The quantitative estimate of drug-likeness (QED) is 0.206. The molecule has 0 aromatic heterocycles. The van der Waals surface area contributed by atoms with Crippen LogP contribution >= 0.6 is 90.4 Å². The maximum atomic E-state index is 12.9. The summed E-state index contributed by atoms with van der Waals surface area (Å²) in [6.07, 6.45) is -0.0754. The number of carbonyl (C=O) groups is 2. The predicted molar refractivity (Wildman–Crippen MR) is 120 cm³/mol. The van der Waals surface area contributed by atoms with Crippen molar-refractivity contribution >= 4 is 108 Å². The fourth-order valence-corrected chi connectivity index (χ4v) is 5.98. The van der Waals surface area contributed by atoms with Crippen molar-refractivity contribution in [3.63, 3.8) is 0 Å². The molecule has 3 N–H and O–H groups in total. The van der Waals surface area contributed by atoms with E-state index in [1.807, 2.05) is 13.8 Å². The number of nitrogens with two attached hydrogens (primary N) is 1. The fraction of sp³-hybridized carbons (Fsp3) is 0.385. The lowest BCUT2D eigenvalue weighted by molar-refractivity contribution is -0.137. The van der Waals surface area contributed by atoms with Crippen molar-refractivity contribution in [3.8, 4) is 0 Å². The highest BCUT2D eigenvalue weighted by atomic mass is 127. The standard InChI is InChI=1S/C13H14I4N2O3/c1-5(2)19(4-3-6(20)21)13(22)7-8(14)10(16)11(17)12(18)9(7)15/h5H,3-4,18H2,1-2H3,(H,20,21). The summed E-state index contributed by atoms with van der Waals surface area (Å²) in [7, 11) is 0. The van der Waals surface area contributed by atoms with Crippen LogP contribution in [0.15, 0.2) is 0 Å². The number of amides is 1. The van der Waals surface area contributed by atoms with Gasteiger partial charge in [0.1, 0.15) is 0 Å². The number of carboxylic acids is 1. The van der Waals surface area contributed by atoms with Crippen molar-refractivity contribution in [2.45, 2.75) is 26.3 Å². The summed E-state index contributed by atoms with van der Waals surface area (Å²) in [6, 6.07) is -0.0865. The van der Waals surface area contributed by atoms with Gasteiger partial charge < -0.3 is 15.7 Å². The summed E-state index contributed by atoms with van der Waals surface area (Å²) in [5.41, 5.74) is 7.25. The predicted octanol–water partition coefficient (Wildman–Crippen LogP) is 4.01. The molecule has 0 spiro atoms. The Morgan fingerprint density at radius 3 is 2.09 bits per heavy atom. The zero-order chi connectivity index (χ0) is 17.2. The van der Waals surface area contributed by atoms with E-state index in [-0.39, 0.29) is 24.9 Å². The van der Waals surface area contributed by atoms with Crippen molar-refractivity contribution in [2.24, 2.45) is 0 Å². The number of carboxylic acid groups (broad SMARTS) is 1. The average molecular weight is 754 g/mol. The summed E-state index contributed by atoms with van der Waals surface area (Å²) in [5.74, 6) is -1.09. The Kier molecular flexibility index (Phi) is 8.39. The van der Waals surface area contributed by atoms with Gasteiger partial charge in [0.15, 0.2) is 0 Å². The van der Waals surface area contributed by atoms with Gasteiger partial charge >= 0.3 is 5.97 Å². The van der Waals surface area contributed by atoms with Crippen LogP contribution in [0.4, 0.5) is 5.69 Å². The molecule has 0 fully saturated rings. The van der Waals surface area contributed by atoms with E-state index in [0.717, 1.165) is 14.3 Å². The summed E-state index contributed by atoms with van der Waals surface area (Å²) in [4.78, 5) is 25.3. The van der Waals surface area contributed by atoms with Crippen LogP contribution in [0.25, 0.3) is 0 Å². The van der Waals surface area contributed by atoms with Crippen LogP contribution in [0.5, 0.6) is 0 Å². The molecular weight excluding hydrogens is 740 g/mol. The molecule has 1 amide bonds. The molecule has 9 heteroatoms. The van der Waals surface area contributed by atoms with Crippen LogP contribution in [0, 0.1) is 14.3 Å². The van der Waals surface area contributed by atoms with E-state index in [9.17, 15) is 9.59 Å². The van der Waals surface area contributed by atoms with E-state index >= 15 is 0 Å². The number of aliphatic carboxylic acids is 1. The minimum Gasteiger partial charge on any atom is -0.481 e. The molecule has 122 valence electrons. The second kappa shape index (κ2) is 8.82.